The van der Waals surface area contributed by atoms with Gasteiger partial charge in [0.05, 0.1) is 5.56 Å². The molecule has 2 rings (SSSR count). The Morgan fingerprint density at radius 3 is 2.48 bits per heavy atom. The SMILES string of the molecule is CNS(=O)(=O)c1cc(C(=O)NC(CCC(=O)O)Cc2ccccc2)c(C)o1. The van der Waals surface area contributed by atoms with E-state index in [1.807, 2.05) is 30.3 Å². The topological polar surface area (TPSA) is 126 Å². The second-order valence-corrected chi connectivity index (χ2v) is 7.85. The molecule has 0 aliphatic rings. The molecule has 0 bridgehead atoms. The van der Waals surface area contributed by atoms with E-state index in [1.165, 1.54) is 14.0 Å². The van der Waals surface area contributed by atoms with Crippen molar-refractivity contribution in [1.29, 1.82) is 0 Å². The van der Waals surface area contributed by atoms with Gasteiger partial charge in [0.1, 0.15) is 5.76 Å². The molecule has 0 fully saturated rings. The molecule has 2 aromatic rings. The third kappa shape index (κ3) is 5.66. The Hall–Kier alpha value is -2.65. The van der Waals surface area contributed by atoms with Gasteiger partial charge in [-0.25, -0.2) is 13.1 Å². The summed E-state index contributed by atoms with van der Waals surface area (Å²) in [4.78, 5) is 23.5. The maximum absolute atomic E-state index is 12.6. The highest BCUT2D eigenvalue weighted by Crippen LogP contribution is 2.19. The molecule has 1 unspecified atom stereocenters. The Morgan fingerprint density at radius 1 is 1.22 bits per heavy atom. The lowest BCUT2D eigenvalue weighted by Crippen LogP contribution is -2.37. The second-order valence-electron chi connectivity index (χ2n) is 6.04. The van der Waals surface area contributed by atoms with Crippen molar-refractivity contribution >= 4 is 21.9 Å². The summed E-state index contributed by atoms with van der Waals surface area (Å²) in [5, 5.41) is 11.4. The van der Waals surface area contributed by atoms with Gasteiger partial charge in [0, 0.05) is 18.5 Å². The average Bonchev–Trinajstić information content (AvgIpc) is 3.03. The highest BCUT2D eigenvalue weighted by atomic mass is 32.2. The fourth-order valence-corrected chi connectivity index (χ4v) is 3.31. The molecular weight excluding hydrogens is 372 g/mol. The van der Waals surface area contributed by atoms with Crippen LogP contribution in [0.1, 0.15) is 34.5 Å². The van der Waals surface area contributed by atoms with Crippen LogP contribution in [0.3, 0.4) is 0 Å². The number of furan rings is 1. The zero-order chi connectivity index (χ0) is 20.0. The van der Waals surface area contributed by atoms with Gasteiger partial charge >= 0.3 is 5.97 Å². The van der Waals surface area contributed by atoms with E-state index in [0.29, 0.717) is 6.42 Å². The van der Waals surface area contributed by atoms with Crippen LogP contribution in [-0.4, -0.2) is 38.5 Å². The molecule has 1 aromatic heterocycles. The maximum atomic E-state index is 12.6. The van der Waals surface area contributed by atoms with Gasteiger partial charge in [-0.3, -0.25) is 9.59 Å². The normalized spacial score (nSPS) is 12.5. The van der Waals surface area contributed by atoms with Gasteiger partial charge in [-0.1, -0.05) is 30.3 Å². The Bertz CT molecular complexity index is 905. The van der Waals surface area contributed by atoms with Crippen molar-refractivity contribution in [3.63, 3.8) is 0 Å². The van der Waals surface area contributed by atoms with Crippen molar-refractivity contribution in [3.8, 4) is 0 Å². The van der Waals surface area contributed by atoms with Crippen LogP contribution in [0.25, 0.3) is 0 Å². The molecule has 0 aliphatic carbocycles. The van der Waals surface area contributed by atoms with E-state index in [9.17, 15) is 18.0 Å². The Labute approximate surface area is 157 Å². The van der Waals surface area contributed by atoms with Gasteiger partial charge in [0.15, 0.2) is 0 Å². The molecule has 1 aromatic carbocycles. The van der Waals surface area contributed by atoms with Gasteiger partial charge in [0.2, 0.25) is 5.09 Å². The van der Waals surface area contributed by atoms with Gasteiger partial charge in [-0.2, -0.15) is 0 Å². The quantitative estimate of drug-likeness (QED) is 0.594. The number of rotatable bonds is 9. The van der Waals surface area contributed by atoms with Crippen LogP contribution in [0.2, 0.25) is 0 Å². The molecule has 0 saturated heterocycles. The first-order valence-electron chi connectivity index (χ1n) is 8.33. The molecule has 1 heterocycles. The van der Waals surface area contributed by atoms with Crippen molar-refractivity contribution < 1.29 is 27.5 Å². The molecule has 9 heteroatoms. The number of carboxylic acid groups (broad SMARTS) is 1. The third-order valence-electron chi connectivity index (χ3n) is 4.04. The summed E-state index contributed by atoms with van der Waals surface area (Å²) >= 11 is 0. The first-order valence-corrected chi connectivity index (χ1v) is 9.82. The molecule has 1 amide bonds. The average molecular weight is 394 g/mol. The van der Waals surface area contributed by atoms with Crippen molar-refractivity contribution in [2.75, 3.05) is 7.05 Å². The fourth-order valence-electron chi connectivity index (χ4n) is 2.60. The minimum atomic E-state index is -3.81. The maximum Gasteiger partial charge on any atom is 0.303 e. The number of carbonyl (C=O) groups excluding carboxylic acids is 1. The summed E-state index contributed by atoms with van der Waals surface area (Å²) in [6.45, 7) is 1.49. The Balaban J connectivity index is 2.18. The van der Waals surface area contributed by atoms with Crippen LogP contribution in [0.5, 0.6) is 0 Å². The second kappa shape index (κ2) is 8.83. The Kier molecular flexibility index (Phi) is 6.75. The molecule has 0 radical (unpaired) electrons. The number of aryl methyl sites for hydroxylation is 1. The molecule has 0 saturated carbocycles. The zero-order valence-electron chi connectivity index (χ0n) is 15.1. The molecule has 3 N–H and O–H groups in total. The van der Waals surface area contributed by atoms with Crippen molar-refractivity contribution in [3.05, 3.63) is 53.3 Å². The van der Waals surface area contributed by atoms with E-state index >= 15 is 0 Å². The number of carbonyl (C=O) groups is 2. The number of aliphatic carboxylic acids is 1. The third-order valence-corrected chi connectivity index (χ3v) is 5.31. The predicted octanol–water partition coefficient (Wildman–Crippen LogP) is 1.70. The van der Waals surface area contributed by atoms with Crippen LogP contribution in [0.4, 0.5) is 0 Å². The highest BCUT2D eigenvalue weighted by Gasteiger charge is 2.24. The molecule has 1 atom stereocenters. The smallest absolute Gasteiger partial charge is 0.303 e. The van der Waals surface area contributed by atoms with E-state index in [2.05, 4.69) is 10.0 Å². The summed E-state index contributed by atoms with van der Waals surface area (Å²) in [6.07, 6.45) is 0.606. The van der Waals surface area contributed by atoms with E-state index in [1.54, 1.807) is 0 Å². The largest absolute Gasteiger partial charge is 0.481 e. The standard InChI is InChI=1S/C18H22N2O6S/c1-12-15(11-17(26-12)27(24,25)19-2)18(23)20-14(8-9-16(21)22)10-13-6-4-3-5-7-13/h3-7,11,14,19H,8-10H2,1-2H3,(H,20,23)(H,21,22). The highest BCUT2D eigenvalue weighted by molar-refractivity contribution is 7.89. The van der Waals surface area contributed by atoms with Crippen LogP contribution in [0.15, 0.2) is 45.9 Å². The minimum absolute atomic E-state index is 0.0946. The summed E-state index contributed by atoms with van der Waals surface area (Å²) < 4.78 is 31.0. The van der Waals surface area contributed by atoms with Gasteiger partial charge < -0.3 is 14.8 Å². The Morgan fingerprint density at radius 2 is 1.89 bits per heavy atom. The van der Waals surface area contributed by atoms with Crippen LogP contribution < -0.4 is 10.0 Å². The van der Waals surface area contributed by atoms with Crippen molar-refractivity contribution in [1.82, 2.24) is 10.0 Å². The first-order chi connectivity index (χ1) is 12.7. The number of hydrogen-bond donors (Lipinski definition) is 3. The van der Waals surface area contributed by atoms with E-state index in [0.717, 1.165) is 11.6 Å². The molecular formula is C18H22N2O6S. The summed E-state index contributed by atoms with van der Waals surface area (Å²) in [5.41, 5.74) is 1.05. The fraction of sp³-hybridized carbons (Fsp3) is 0.333. The van der Waals surface area contributed by atoms with Crippen molar-refractivity contribution in [2.24, 2.45) is 0 Å². The van der Waals surface area contributed by atoms with Crippen molar-refractivity contribution in [2.45, 2.75) is 37.3 Å². The molecule has 146 valence electrons. The molecule has 8 nitrogen and oxygen atoms in total. The molecule has 0 aliphatic heterocycles. The lowest BCUT2D eigenvalue weighted by molar-refractivity contribution is -0.137. The van der Waals surface area contributed by atoms with E-state index in [4.69, 9.17) is 9.52 Å². The number of amides is 1. The number of nitrogens with one attached hydrogen (secondary N) is 2. The number of sulfonamides is 1. The monoisotopic (exact) mass is 394 g/mol. The van der Waals surface area contributed by atoms with E-state index < -0.39 is 27.9 Å². The molecule has 27 heavy (non-hydrogen) atoms. The first kappa shape index (κ1) is 20.7. The summed E-state index contributed by atoms with van der Waals surface area (Å²) in [5.74, 6) is -1.30. The minimum Gasteiger partial charge on any atom is -0.481 e. The van der Waals surface area contributed by atoms with Gasteiger partial charge in [-0.05, 0) is 32.4 Å². The summed E-state index contributed by atoms with van der Waals surface area (Å²) in [6, 6.07) is 10.1. The zero-order valence-corrected chi connectivity index (χ0v) is 15.9. The number of hydrogen-bond acceptors (Lipinski definition) is 5. The van der Waals surface area contributed by atoms with Crippen LogP contribution in [-0.2, 0) is 21.2 Å². The van der Waals surface area contributed by atoms with Crippen LogP contribution >= 0.6 is 0 Å². The van der Waals surface area contributed by atoms with E-state index in [-0.39, 0.29) is 29.3 Å². The number of carboxylic acids is 1. The number of benzene rings is 1. The predicted molar refractivity (Wildman–Crippen MR) is 98.0 cm³/mol. The van der Waals surface area contributed by atoms with Gasteiger partial charge in [0.25, 0.3) is 15.9 Å². The lowest BCUT2D eigenvalue weighted by Gasteiger charge is -2.18. The van der Waals surface area contributed by atoms with Gasteiger partial charge in [-0.15, -0.1) is 0 Å². The lowest BCUT2D eigenvalue weighted by atomic mass is 10.0. The van der Waals surface area contributed by atoms with Crippen LogP contribution in [0, 0.1) is 6.92 Å². The summed E-state index contributed by atoms with van der Waals surface area (Å²) in [7, 11) is -2.56. The molecule has 0 spiro atoms.